The Morgan fingerprint density at radius 2 is 0.809 bits per heavy atom. The van der Waals surface area contributed by atoms with Gasteiger partial charge in [-0.05, 0) is 121 Å². The molecule has 0 aliphatic heterocycles. The lowest BCUT2D eigenvalue weighted by atomic mass is 9.67. The summed E-state index contributed by atoms with van der Waals surface area (Å²) in [5.41, 5.74) is 5.47. The van der Waals surface area contributed by atoms with E-state index in [1.165, 1.54) is 106 Å². The summed E-state index contributed by atoms with van der Waals surface area (Å²) >= 11 is 0. The fourth-order valence-electron chi connectivity index (χ4n) is 9.20. The van der Waals surface area contributed by atoms with Crippen LogP contribution in [0, 0.1) is 5.92 Å². The van der Waals surface area contributed by atoms with E-state index >= 15 is 0 Å². The first-order valence-corrected chi connectivity index (χ1v) is 18.1. The smallest absolute Gasteiger partial charge is 0.115 e. The lowest BCUT2D eigenvalue weighted by Gasteiger charge is -2.36. The number of fused-ring (bicyclic) bond motifs is 2. The van der Waals surface area contributed by atoms with Crippen LogP contribution in [0.15, 0.2) is 97.1 Å². The van der Waals surface area contributed by atoms with E-state index in [1.54, 1.807) is 12.1 Å². The molecule has 2 bridgehead atoms. The van der Waals surface area contributed by atoms with Crippen LogP contribution in [0.5, 0.6) is 23.0 Å². The van der Waals surface area contributed by atoms with Crippen LogP contribution < -0.4 is 0 Å². The molecule has 0 radical (unpaired) electrons. The van der Waals surface area contributed by atoms with E-state index in [4.69, 9.17) is 0 Å². The van der Waals surface area contributed by atoms with Gasteiger partial charge in [-0.15, -0.1) is 0 Å². The van der Waals surface area contributed by atoms with Crippen molar-refractivity contribution in [3.63, 3.8) is 0 Å². The number of hydrogen-bond acceptors (Lipinski definition) is 4. The number of phenolic OH excluding ortho intramolecular Hbond substituents is 4. The fourth-order valence-corrected chi connectivity index (χ4v) is 9.20. The van der Waals surface area contributed by atoms with Crippen LogP contribution >= 0.6 is 0 Å². The van der Waals surface area contributed by atoms with Gasteiger partial charge in [-0.25, -0.2) is 0 Å². The predicted octanol–water partition coefficient (Wildman–Crippen LogP) is 11.0. The molecule has 248 valence electrons. The Kier molecular flexibility index (Phi) is 10.4. The van der Waals surface area contributed by atoms with Crippen LogP contribution in [0.25, 0.3) is 0 Å². The third-order valence-electron chi connectivity index (χ3n) is 11.7. The summed E-state index contributed by atoms with van der Waals surface area (Å²) in [4.78, 5) is 0. The molecule has 7 rings (SSSR count). The molecule has 3 unspecified atom stereocenters. The van der Waals surface area contributed by atoms with Crippen molar-refractivity contribution in [2.75, 3.05) is 0 Å². The highest BCUT2D eigenvalue weighted by Crippen LogP contribution is 2.62. The molecule has 0 saturated heterocycles. The molecule has 3 atom stereocenters. The summed E-state index contributed by atoms with van der Waals surface area (Å²) < 4.78 is 0. The number of phenols is 4. The second-order valence-electron chi connectivity index (χ2n) is 14.5. The number of hydrogen-bond donors (Lipinski definition) is 4. The molecule has 4 aromatic rings. The van der Waals surface area contributed by atoms with Crippen LogP contribution in [0.4, 0.5) is 0 Å². The van der Waals surface area contributed by atoms with Crippen LogP contribution in [0.2, 0.25) is 0 Å². The normalized spacial score (nSPS) is 24.3. The van der Waals surface area contributed by atoms with E-state index in [-0.39, 0.29) is 10.8 Å². The third-order valence-corrected chi connectivity index (χ3v) is 11.7. The molecule has 0 spiro atoms. The van der Waals surface area contributed by atoms with E-state index in [0.717, 1.165) is 18.8 Å². The van der Waals surface area contributed by atoms with Gasteiger partial charge in [0.15, 0.2) is 0 Å². The topological polar surface area (TPSA) is 80.9 Å². The number of benzene rings is 4. The minimum atomic E-state index is -0.0272. The molecule has 0 aromatic heterocycles. The summed E-state index contributed by atoms with van der Waals surface area (Å²) in [6.07, 6.45) is 19.1. The summed E-state index contributed by atoms with van der Waals surface area (Å²) in [6, 6.07) is 31.2. The molecule has 3 aliphatic rings. The molecular formula is C43H52O4. The quantitative estimate of drug-likeness (QED) is 0.180. The van der Waals surface area contributed by atoms with Gasteiger partial charge >= 0.3 is 0 Å². The molecule has 0 amide bonds. The van der Waals surface area contributed by atoms with E-state index in [2.05, 4.69) is 48.5 Å². The van der Waals surface area contributed by atoms with E-state index in [9.17, 15) is 20.4 Å². The van der Waals surface area contributed by atoms with Crippen molar-refractivity contribution < 1.29 is 20.4 Å². The Balaban J connectivity index is 0.000000168. The Labute approximate surface area is 281 Å². The first-order valence-electron chi connectivity index (χ1n) is 18.1. The number of aromatic hydroxyl groups is 4. The molecular weight excluding hydrogens is 580 g/mol. The summed E-state index contributed by atoms with van der Waals surface area (Å²) in [7, 11) is 0. The van der Waals surface area contributed by atoms with Crippen molar-refractivity contribution >= 4 is 0 Å². The first-order chi connectivity index (χ1) is 22.9. The average molecular weight is 633 g/mol. The minimum absolute atomic E-state index is 0.0272. The Hall–Kier alpha value is -3.92. The molecule has 47 heavy (non-hydrogen) atoms. The van der Waals surface area contributed by atoms with Crippen LogP contribution in [0.1, 0.15) is 124 Å². The second-order valence-corrected chi connectivity index (χ2v) is 14.5. The molecule has 3 aliphatic carbocycles. The third kappa shape index (κ3) is 7.48. The zero-order chi connectivity index (χ0) is 32.7. The molecule has 3 saturated carbocycles. The SMILES string of the molecule is Oc1ccc(C2(c3ccc(O)cc3)CCCCCCCCCCC2)cc1.Oc1ccc(C2CC3CCC2(c2ccc(O)cc2)C3)cc1. The monoisotopic (exact) mass is 632 g/mol. The average Bonchev–Trinajstić information content (AvgIpc) is 3.68. The number of rotatable bonds is 4. The highest BCUT2D eigenvalue weighted by atomic mass is 16.3. The zero-order valence-electron chi connectivity index (χ0n) is 27.8. The largest absolute Gasteiger partial charge is 0.508 e. The highest BCUT2D eigenvalue weighted by Gasteiger charge is 2.53. The van der Waals surface area contributed by atoms with Crippen LogP contribution in [-0.2, 0) is 10.8 Å². The first kappa shape index (κ1) is 33.0. The van der Waals surface area contributed by atoms with Crippen molar-refractivity contribution in [2.45, 2.75) is 113 Å². The van der Waals surface area contributed by atoms with Crippen molar-refractivity contribution in [3.8, 4) is 23.0 Å². The lowest BCUT2D eigenvalue weighted by molar-refractivity contribution is 0.358. The summed E-state index contributed by atoms with van der Waals surface area (Å²) in [5, 5.41) is 38.6. The van der Waals surface area contributed by atoms with Gasteiger partial charge in [-0.3, -0.25) is 0 Å². The Morgan fingerprint density at radius 1 is 0.426 bits per heavy atom. The fraction of sp³-hybridized carbons (Fsp3) is 0.442. The van der Waals surface area contributed by atoms with Gasteiger partial charge in [0.1, 0.15) is 23.0 Å². The summed E-state index contributed by atoms with van der Waals surface area (Å²) in [6.45, 7) is 0. The molecule has 4 N–H and O–H groups in total. The lowest BCUT2D eigenvalue weighted by Crippen LogP contribution is -2.28. The van der Waals surface area contributed by atoms with Gasteiger partial charge in [0.2, 0.25) is 0 Å². The summed E-state index contributed by atoms with van der Waals surface area (Å²) in [5.74, 6) is 2.66. The molecule has 4 heteroatoms. The maximum Gasteiger partial charge on any atom is 0.115 e. The van der Waals surface area contributed by atoms with E-state index < -0.39 is 0 Å². The molecule has 3 fully saturated rings. The molecule has 0 heterocycles. The van der Waals surface area contributed by atoms with Gasteiger partial charge < -0.3 is 20.4 Å². The van der Waals surface area contributed by atoms with Gasteiger partial charge in [0.25, 0.3) is 0 Å². The van der Waals surface area contributed by atoms with Gasteiger partial charge in [-0.2, -0.15) is 0 Å². The Bertz CT molecular complexity index is 1480. The van der Waals surface area contributed by atoms with Gasteiger partial charge in [-0.1, -0.05) is 106 Å². The van der Waals surface area contributed by atoms with E-state index in [0.29, 0.717) is 28.9 Å². The van der Waals surface area contributed by atoms with Crippen molar-refractivity contribution in [3.05, 3.63) is 119 Å². The van der Waals surface area contributed by atoms with Gasteiger partial charge in [0.05, 0.1) is 0 Å². The minimum Gasteiger partial charge on any atom is -0.508 e. The van der Waals surface area contributed by atoms with Crippen molar-refractivity contribution in [1.29, 1.82) is 0 Å². The van der Waals surface area contributed by atoms with Gasteiger partial charge in [0, 0.05) is 10.8 Å². The maximum absolute atomic E-state index is 9.76. The highest BCUT2D eigenvalue weighted by molar-refractivity contribution is 5.44. The van der Waals surface area contributed by atoms with Crippen LogP contribution in [0.3, 0.4) is 0 Å². The van der Waals surface area contributed by atoms with Crippen molar-refractivity contribution in [1.82, 2.24) is 0 Å². The van der Waals surface area contributed by atoms with Crippen LogP contribution in [-0.4, -0.2) is 20.4 Å². The van der Waals surface area contributed by atoms with Crippen molar-refractivity contribution in [2.24, 2.45) is 5.92 Å². The van der Waals surface area contributed by atoms with E-state index in [1.807, 2.05) is 36.4 Å². The zero-order valence-corrected chi connectivity index (χ0v) is 27.8. The standard InChI is InChI=1S/C24H32O2.C19H20O2/c25-22-14-10-20(11-15-22)24(21-12-16-23(26)17-13-21)18-8-6-4-2-1-3-5-7-9-19-24;20-16-5-1-14(2-6-16)18-11-13-9-10-19(18,12-13)15-3-7-17(21)8-4-15/h10-17,25-26H,1-9,18-19H2;1-8,13,18,20-21H,9-12H2. The Morgan fingerprint density at radius 3 is 1.23 bits per heavy atom. The maximum atomic E-state index is 9.76. The molecule has 4 aromatic carbocycles. The predicted molar refractivity (Wildman–Crippen MR) is 190 cm³/mol. The second kappa shape index (κ2) is 14.9. The molecule has 4 nitrogen and oxygen atoms in total.